The number of likely N-dealkylation sites (N-methyl/N-ethyl adjacent to an activating group) is 1. The molecule has 4 heteroatoms. The Kier molecular flexibility index (Phi) is 5.92. The first-order valence-corrected chi connectivity index (χ1v) is 6.67. The van der Waals surface area contributed by atoms with Gasteiger partial charge in [0.25, 0.3) is 0 Å². The molecule has 4 nitrogen and oxygen atoms in total. The van der Waals surface area contributed by atoms with E-state index in [2.05, 4.69) is 12.2 Å². The molecule has 100 valence electrons. The van der Waals surface area contributed by atoms with Gasteiger partial charge in [0.05, 0.1) is 12.6 Å². The summed E-state index contributed by atoms with van der Waals surface area (Å²) >= 11 is 0. The van der Waals surface area contributed by atoms with Crippen molar-refractivity contribution in [3.8, 4) is 0 Å². The molecule has 1 saturated carbocycles. The van der Waals surface area contributed by atoms with Crippen LogP contribution in [-0.2, 0) is 4.79 Å². The molecule has 0 bridgehead atoms. The molecule has 17 heavy (non-hydrogen) atoms. The number of rotatable bonds is 5. The van der Waals surface area contributed by atoms with E-state index in [0.29, 0.717) is 18.5 Å². The van der Waals surface area contributed by atoms with E-state index in [4.69, 9.17) is 5.11 Å². The Morgan fingerprint density at radius 1 is 1.47 bits per heavy atom. The topological polar surface area (TPSA) is 52.6 Å². The lowest BCUT2D eigenvalue weighted by atomic mass is 9.86. The van der Waals surface area contributed by atoms with Gasteiger partial charge in [-0.2, -0.15) is 0 Å². The van der Waals surface area contributed by atoms with Crippen LogP contribution in [0, 0.1) is 5.92 Å². The zero-order valence-electron chi connectivity index (χ0n) is 11.3. The summed E-state index contributed by atoms with van der Waals surface area (Å²) in [6.07, 6.45) is 4.82. The lowest BCUT2D eigenvalue weighted by molar-refractivity contribution is -0.126. The van der Waals surface area contributed by atoms with Gasteiger partial charge >= 0.3 is 0 Å². The highest BCUT2D eigenvalue weighted by molar-refractivity contribution is 5.81. The molecule has 2 N–H and O–H groups in total. The van der Waals surface area contributed by atoms with Crippen molar-refractivity contribution in [1.82, 2.24) is 10.2 Å². The second-order valence-electron chi connectivity index (χ2n) is 5.26. The number of nitrogens with zero attached hydrogens (tertiary/aromatic N) is 1. The SMILES string of the molecule is CC1CCCCC1NC(=O)C(C)N(C)CCO. The Hall–Kier alpha value is -0.610. The molecule has 0 aliphatic heterocycles. The first-order valence-electron chi connectivity index (χ1n) is 6.67. The van der Waals surface area contributed by atoms with E-state index in [1.165, 1.54) is 19.3 Å². The maximum atomic E-state index is 12.0. The van der Waals surface area contributed by atoms with Crippen LogP contribution in [-0.4, -0.2) is 48.2 Å². The molecule has 0 aromatic rings. The number of carbonyl (C=O) groups excluding carboxylic acids is 1. The third kappa shape index (κ3) is 4.28. The predicted octanol–water partition coefficient (Wildman–Crippen LogP) is 0.994. The van der Waals surface area contributed by atoms with E-state index < -0.39 is 0 Å². The zero-order valence-corrected chi connectivity index (χ0v) is 11.3. The standard InChI is InChI=1S/C13H26N2O2/c1-10-6-4-5-7-12(10)14-13(17)11(2)15(3)8-9-16/h10-12,16H,4-9H2,1-3H3,(H,14,17). The number of aliphatic hydroxyl groups excluding tert-OH is 1. The summed E-state index contributed by atoms with van der Waals surface area (Å²) in [6.45, 7) is 4.73. The summed E-state index contributed by atoms with van der Waals surface area (Å²) < 4.78 is 0. The van der Waals surface area contributed by atoms with E-state index in [0.717, 1.165) is 6.42 Å². The van der Waals surface area contributed by atoms with Crippen molar-refractivity contribution < 1.29 is 9.90 Å². The second kappa shape index (κ2) is 6.97. The van der Waals surface area contributed by atoms with Crippen molar-refractivity contribution in [2.24, 2.45) is 5.92 Å². The van der Waals surface area contributed by atoms with Crippen LogP contribution in [0.4, 0.5) is 0 Å². The molecule has 0 spiro atoms. The van der Waals surface area contributed by atoms with Crippen LogP contribution in [0.2, 0.25) is 0 Å². The molecule has 3 unspecified atom stereocenters. The molecule has 3 atom stereocenters. The fraction of sp³-hybridized carbons (Fsp3) is 0.923. The lowest BCUT2D eigenvalue weighted by Gasteiger charge is -2.32. The van der Waals surface area contributed by atoms with Gasteiger partial charge in [0, 0.05) is 12.6 Å². The minimum atomic E-state index is -0.170. The molecule has 0 saturated heterocycles. The monoisotopic (exact) mass is 242 g/mol. The summed E-state index contributed by atoms with van der Waals surface area (Å²) in [5.41, 5.74) is 0. The van der Waals surface area contributed by atoms with Crippen molar-refractivity contribution in [3.05, 3.63) is 0 Å². The Labute approximate surface area is 104 Å². The smallest absolute Gasteiger partial charge is 0.237 e. The molecule has 1 aliphatic carbocycles. The molecule has 1 amide bonds. The number of aliphatic hydroxyl groups is 1. The molecule has 0 radical (unpaired) electrons. The van der Waals surface area contributed by atoms with Gasteiger partial charge < -0.3 is 10.4 Å². The number of hydrogen-bond acceptors (Lipinski definition) is 3. The Morgan fingerprint density at radius 2 is 2.12 bits per heavy atom. The van der Waals surface area contributed by atoms with E-state index >= 15 is 0 Å². The fourth-order valence-electron chi connectivity index (χ4n) is 2.39. The van der Waals surface area contributed by atoms with E-state index in [9.17, 15) is 4.79 Å². The van der Waals surface area contributed by atoms with Crippen molar-refractivity contribution in [2.75, 3.05) is 20.2 Å². The largest absolute Gasteiger partial charge is 0.395 e. The maximum Gasteiger partial charge on any atom is 0.237 e. The van der Waals surface area contributed by atoms with Crippen molar-refractivity contribution in [2.45, 2.75) is 51.6 Å². The highest BCUT2D eigenvalue weighted by Crippen LogP contribution is 2.23. The van der Waals surface area contributed by atoms with Crippen LogP contribution in [0.5, 0.6) is 0 Å². The van der Waals surface area contributed by atoms with Crippen LogP contribution in [0.3, 0.4) is 0 Å². The molecule has 0 aromatic carbocycles. The fourth-order valence-corrected chi connectivity index (χ4v) is 2.39. The van der Waals surface area contributed by atoms with Gasteiger partial charge in [-0.05, 0) is 32.7 Å². The average molecular weight is 242 g/mol. The van der Waals surface area contributed by atoms with Crippen molar-refractivity contribution in [1.29, 1.82) is 0 Å². The summed E-state index contributed by atoms with van der Waals surface area (Å²) in [7, 11) is 1.87. The second-order valence-corrected chi connectivity index (χ2v) is 5.26. The normalized spacial score (nSPS) is 26.9. The molecule has 1 aliphatic rings. The predicted molar refractivity (Wildman–Crippen MR) is 68.7 cm³/mol. The van der Waals surface area contributed by atoms with Crippen LogP contribution < -0.4 is 5.32 Å². The van der Waals surface area contributed by atoms with Gasteiger partial charge in [-0.3, -0.25) is 9.69 Å². The van der Waals surface area contributed by atoms with Crippen LogP contribution in [0.15, 0.2) is 0 Å². The summed E-state index contributed by atoms with van der Waals surface area (Å²) in [5.74, 6) is 0.669. The third-order valence-electron chi connectivity index (χ3n) is 3.93. The van der Waals surface area contributed by atoms with Gasteiger partial charge in [0.2, 0.25) is 5.91 Å². The highest BCUT2D eigenvalue weighted by atomic mass is 16.3. The zero-order chi connectivity index (χ0) is 12.8. The van der Waals surface area contributed by atoms with Gasteiger partial charge in [-0.25, -0.2) is 0 Å². The van der Waals surface area contributed by atoms with Crippen molar-refractivity contribution >= 4 is 5.91 Å². The van der Waals surface area contributed by atoms with Gasteiger partial charge in [0.15, 0.2) is 0 Å². The Bertz CT molecular complexity index is 246. The van der Waals surface area contributed by atoms with Gasteiger partial charge in [0.1, 0.15) is 0 Å². The number of carbonyl (C=O) groups is 1. The molecule has 1 rings (SSSR count). The molecular formula is C13H26N2O2. The number of nitrogens with one attached hydrogen (secondary N) is 1. The van der Waals surface area contributed by atoms with Crippen LogP contribution >= 0.6 is 0 Å². The molecule has 0 aromatic heterocycles. The Morgan fingerprint density at radius 3 is 2.71 bits per heavy atom. The molecular weight excluding hydrogens is 216 g/mol. The first-order chi connectivity index (χ1) is 8.06. The number of hydrogen-bond donors (Lipinski definition) is 2. The minimum Gasteiger partial charge on any atom is -0.395 e. The maximum absolute atomic E-state index is 12.0. The number of amides is 1. The van der Waals surface area contributed by atoms with Gasteiger partial charge in [-0.1, -0.05) is 19.8 Å². The summed E-state index contributed by atoms with van der Waals surface area (Å²) in [4.78, 5) is 13.9. The van der Waals surface area contributed by atoms with Crippen LogP contribution in [0.25, 0.3) is 0 Å². The Balaban J connectivity index is 2.41. The minimum absolute atomic E-state index is 0.0831. The van der Waals surface area contributed by atoms with E-state index in [-0.39, 0.29) is 18.6 Å². The lowest BCUT2D eigenvalue weighted by Crippen LogP contribution is -2.49. The van der Waals surface area contributed by atoms with E-state index in [1.807, 2.05) is 18.9 Å². The third-order valence-corrected chi connectivity index (χ3v) is 3.93. The van der Waals surface area contributed by atoms with E-state index in [1.54, 1.807) is 0 Å². The van der Waals surface area contributed by atoms with Gasteiger partial charge in [-0.15, -0.1) is 0 Å². The quantitative estimate of drug-likeness (QED) is 0.756. The van der Waals surface area contributed by atoms with Crippen molar-refractivity contribution in [3.63, 3.8) is 0 Å². The summed E-state index contributed by atoms with van der Waals surface area (Å²) in [6, 6.07) is 0.164. The average Bonchev–Trinajstić information content (AvgIpc) is 2.31. The first kappa shape index (κ1) is 14.5. The summed E-state index contributed by atoms with van der Waals surface area (Å²) in [5, 5.41) is 12.0. The van der Waals surface area contributed by atoms with Crippen LogP contribution in [0.1, 0.15) is 39.5 Å². The molecule has 1 fully saturated rings. The molecule has 0 heterocycles. The highest BCUT2D eigenvalue weighted by Gasteiger charge is 2.25.